The van der Waals surface area contributed by atoms with Gasteiger partial charge in [-0.1, -0.05) is 18.2 Å². The van der Waals surface area contributed by atoms with Crippen molar-refractivity contribution in [1.82, 2.24) is 14.5 Å². The summed E-state index contributed by atoms with van der Waals surface area (Å²) in [4.78, 5) is 20.5. The predicted molar refractivity (Wildman–Crippen MR) is 68.4 cm³/mol. The normalized spacial score (nSPS) is 10.7. The molecular weight excluding hydrogens is 226 g/mol. The number of aromatic nitrogens is 3. The molecule has 2 heterocycles. The molecule has 0 bridgehead atoms. The quantitative estimate of drug-likeness (QED) is 0.642. The highest BCUT2D eigenvalue weighted by molar-refractivity contribution is 6.15. The Morgan fingerprint density at radius 3 is 2.83 bits per heavy atom. The van der Waals surface area contributed by atoms with Crippen LogP contribution >= 0.6 is 0 Å². The Kier molecular flexibility index (Phi) is 2.41. The Labute approximate surface area is 104 Å². The number of nitrogens with zero attached hydrogens (tertiary/aromatic N) is 3. The Bertz CT molecular complexity index is 725. The van der Waals surface area contributed by atoms with Crippen LogP contribution in [0.4, 0.5) is 0 Å². The summed E-state index contributed by atoms with van der Waals surface area (Å²) in [7, 11) is 1.81. The summed E-state index contributed by atoms with van der Waals surface area (Å²) in [6.07, 6.45) is 6.65. The first-order valence-electron chi connectivity index (χ1n) is 5.61. The van der Waals surface area contributed by atoms with Gasteiger partial charge in [0.05, 0.1) is 12.5 Å². The van der Waals surface area contributed by atoms with E-state index in [9.17, 15) is 4.79 Å². The molecule has 0 aliphatic heterocycles. The highest BCUT2D eigenvalue weighted by Crippen LogP contribution is 2.20. The molecule has 3 rings (SSSR count). The van der Waals surface area contributed by atoms with Crippen LogP contribution in [-0.4, -0.2) is 20.3 Å². The van der Waals surface area contributed by atoms with E-state index in [1.807, 2.05) is 31.3 Å². The molecule has 88 valence electrons. The van der Waals surface area contributed by atoms with Gasteiger partial charge in [-0.2, -0.15) is 0 Å². The van der Waals surface area contributed by atoms with Crippen molar-refractivity contribution in [3.63, 3.8) is 0 Å². The van der Waals surface area contributed by atoms with Gasteiger partial charge >= 0.3 is 0 Å². The third-order valence-corrected chi connectivity index (χ3v) is 2.98. The van der Waals surface area contributed by atoms with E-state index >= 15 is 0 Å². The van der Waals surface area contributed by atoms with E-state index in [0.29, 0.717) is 11.3 Å². The van der Waals surface area contributed by atoms with Crippen molar-refractivity contribution in [3.05, 3.63) is 60.4 Å². The van der Waals surface area contributed by atoms with Crippen LogP contribution < -0.4 is 0 Å². The van der Waals surface area contributed by atoms with Gasteiger partial charge in [0.15, 0.2) is 0 Å². The summed E-state index contributed by atoms with van der Waals surface area (Å²) in [5.41, 5.74) is 1.23. The Hall–Kier alpha value is -2.49. The van der Waals surface area contributed by atoms with E-state index in [4.69, 9.17) is 0 Å². The molecule has 0 radical (unpaired) electrons. The average molecular weight is 237 g/mol. The molecule has 4 heteroatoms. The summed E-state index contributed by atoms with van der Waals surface area (Å²) < 4.78 is 1.72. The van der Waals surface area contributed by atoms with Crippen LogP contribution in [-0.2, 0) is 7.05 Å². The van der Waals surface area contributed by atoms with Gasteiger partial charge in [0.2, 0.25) is 5.78 Å². The molecular formula is C14H11N3O. The molecule has 0 aliphatic carbocycles. The molecule has 4 nitrogen and oxygen atoms in total. The topological polar surface area (TPSA) is 47.8 Å². The molecule has 2 aromatic heterocycles. The maximum Gasteiger partial charge on any atom is 0.211 e. The molecule has 0 spiro atoms. The number of hydrogen-bond acceptors (Lipinski definition) is 3. The van der Waals surface area contributed by atoms with Gasteiger partial charge in [0.1, 0.15) is 5.69 Å². The number of carbonyl (C=O) groups excluding carboxylic acids is 1. The minimum atomic E-state index is -0.0337. The Morgan fingerprint density at radius 1 is 1.17 bits per heavy atom. The number of imidazole rings is 1. The summed E-state index contributed by atoms with van der Waals surface area (Å²) in [5.74, 6) is -0.0337. The largest absolute Gasteiger partial charge is 0.331 e. The van der Waals surface area contributed by atoms with Crippen molar-refractivity contribution in [1.29, 1.82) is 0 Å². The minimum Gasteiger partial charge on any atom is -0.331 e. The van der Waals surface area contributed by atoms with E-state index in [1.165, 1.54) is 0 Å². The monoisotopic (exact) mass is 237 g/mol. The van der Waals surface area contributed by atoms with Crippen LogP contribution in [0, 0.1) is 0 Å². The van der Waals surface area contributed by atoms with Crippen LogP contribution in [0.3, 0.4) is 0 Å². The summed E-state index contributed by atoms with van der Waals surface area (Å²) >= 11 is 0. The first-order chi connectivity index (χ1) is 8.77. The van der Waals surface area contributed by atoms with Crippen molar-refractivity contribution in [2.75, 3.05) is 0 Å². The van der Waals surface area contributed by atoms with Crippen LogP contribution in [0.2, 0.25) is 0 Å². The number of rotatable bonds is 2. The Balaban J connectivity index is 2.21. The fourth-order valence-corrected chi connectivity index (χ4v) is 2.03. The Morgan fingerprint density at radius 2 is 2.06 bits per heavy atom. The van der Waals surface area contributed by atoms with Crippen molar-refractivity contribution in [2.45, 2.75) is 0 Å². The zero-order chi connectivity index (χ0) is 12.5. The standard InChI is InChI=1S/C14H11N3O/c1-17-9-16-8-13(17)14(18)11-4-2-3-10-5-6-15-7-12(10)11/h2-9H,1H3. The lowest BCUT2D eigenvalue weighted by Crippen LogP contribution is -2.07. The van der Waals surface area contributed by atoms with Crippen molar-refractivity contribution < 1.29 is 4.79 Å². The summed E-state index contributed by atoms with van der Waals surface area (Å²) in [6, 6.07) is 7.57. The lowest BCUT2D eigenvalue weighted by atomic mass is 10.0. The molecule has 0 atom stereocenters. The van der Waals surface area contributed by atoms with Gasteiger partial charge in [0.25, 0.3) is 0 Å². The van der Waals surface area contributed by atoms with Crippen molar-refractivity contribution >= 4 is 16.6 Å². The van der Waals surface area contributed by atoms with Gasteiger partial charge in [-0.05, 0) is 11.5 Å². The number of fused-ring (bicyclic) bond motifs is 1. The van der Waals surface area contributed by atoms with E-state index in [2.05, 4.69) is 9.97 Å². The number of aryl methyl sites for hydroxylation is 1. The minimum absolute atomic E-state index is 0.0337. The molecule has 0 unspecified atom stereocenters. The highest BCUT2D eigenvalue weighted by atomic mass is 16.1. The third kappa shape index (κ3) is 1.59. The second kappa shape index (κ2) is 4.07. The molecule has 0 amide bonds. The highest BCUT2D eigenvalue weighted by Gasteiger charge is 2.15. The number of carbonyl (C=O) groups is 1. The van der Waals surface area contributed by atoms with Crippen LogP contribution in [0.5, 0.6) is 0 Å². The zero-order valence-electron chi connectivity index (χ0n) is 9.87. The van der Waals surface area contributed by atoms with Gasteiger partial charge < -0.3 is 4.57 Å². The maximum absolute atomic E-state index is 12.5. The molecule has 1 aromatic carbocycles. The molecule has 3 aromatic rings. The van der Waals surface area contributed by atoms with Gasteiger partial charge in [-0.25, -0.2) is 4.98 Å². The predicted octanol–water partition coefficient (Wildman–Crippen LogP) is 2.20. The van der Waals surface area contributed by atoms with Crippen LogP contribution in [0.15, 0.2) is 49.2 Å². The van der Waals surface area contributed by atoms with E-state index in [1.54, 1.807) is 29.5 Å². The van der Waals surface area contributed by atoms with Gasteiger partial charge in [-0.3, -0.25) is 9.78 Å². The van der Waals surface area contributed by atoms with Crippen LogP contribution in [0.25, 0.3) is 10.8 Å². The van der Waals surface area contributed by atoms with E-state index in [0.717, 1.165) is 10.8 Å². The number of benzene rings is 1. The van der Waals surface area contributed by atoms with Crippen LogP contribution in [0.1, 0.15) is 16.1 Å². The number of hydrogen-bond donors (Lipinski definition) is 0. The zero-order valence-corrected chi connectivity index (χ0v) is 9.87. The van der Waals surface area contributed by atoms with Crippen molar-refractivity contribution in [3.8, 4) is 0 Å². The number of ketones is 1. The maximum atomic E-state index is 12.5. The molecule has 0 N–H and O–H groups in total. The first kappa shape index (κ1) is 10.7. The molecule has 0 saturated heterocycles. The van der Waals surface area contributed by atoms with Gasteiger partial charge in [0, 0.05) is 30.4 Å². The smallest absolute Gasteiger partial charge is 0.211 e. The van der Waals surface area contributed by atoms with Gasteiger partial charge in [-0.15, -0.1) is 0 Å². The fraction of sp³-hybridized carbons (Fsp3) is 0.0714. The average Bonchev–Trinajstić information content (AvgIpc) is 2.83. The second-order valence-corrected chi connectivity index (χ2v) is 4.12. The van der Waals surface area contributed by atoms with E-state index in [-0.39, 0.29) is 5.78 Å². The van der Waals surface area contributed by atoms with E-state index < -0.39 is 0 Å². The molecule has 0 fully saturated rings. The SMILES string of the molecule is Cn1cncc1C(=O)c1cccc2ccncc12. The fourth-order valence-electron chi connectivity index (χ4n) is 2.03. The first-order valence-corrected chi connectivity index (χ1v) is 5.61. The van der Waals surface area contributed by atoms with Crippen molar-refractivity contribution in [2.24, 2.45) is 7.05 Å². The second-order valence-electron chi connectivity index (χ2n) is 4.12. The summed E-state index contributed by atoms with van der Waals surface area (Å²) in [5, 5.41) is 1.88. The lowest BCUT2D eigenvalue weighted by molar-refractivity contribution is 0.103. The third-order valence-electron chi connectivity index (χ3n) is 2.98. The lowest BCUT2D eigenvalue weighted by Gasteiger charge is -2.05. The molecule has 18 heavy (non-hydrogen) atoms. The molecule has 0 aliphatic rings. The molecule has 0 saturated carbocycles. The summed E-state index contributed by atoms with van der Waals surface area (Å²) in [6.45, 7) is 0. The number of pyridine rings is 1.